The van der Waals surface area contributed by atoms with Gasteiger partial charge in [-0.2, -0.15) is 0 Å². The van der Waals surface area contributed by atoms with Crippen LogP contribution in [0.15, 0.2) is 64.4 Å². The smallest absolute Gasteiger partial charge is 0.251 e. The number of carbonyl (C=O) groups excluding carboxylic acids is 1. The van der Waals surface area contributed by atoms with Gasteiger partial charge in [-0.05, 0) is 36.2 Å². The average Bonchev–Trinajstić information content (AvgIpc) is 3.24. The van der Waals surface area contributed by atoms with Crippen LogP contribution in [0.4, 0.5) is 0 Å². The molecular formula is C22H22N4O4S. The molecule has 1 saturated heterocycles. The van der Waals surface area contributed by atoms with Crippen molar-refractivity contribution < 1.29 is 13.2 Å². The maximum absolute atomic E-state index is 12.7. The Morgan fingerprint density at radius 1 is 1.16 bits per heavy atom. The number of likely N-dealkylation sites (tertiary alicyclic amines) is 1. The number of sulfone groups is 1. The van der Waals surface area contributed by atoms with E-state index in [1.165, 1.54) is 18.2 Å². The van der Waals surface area contributed by atoms with Crippen molar-refractivity contribution in [3.8, 4) is 11.4 Å². The van der Waals surface area contributed by atoms with Crippen LogP contribution < -0.4 is 5.56 Å². The number of hydrogen-bond acceptors (Lipinski definition) is 6. The Labute approximate surface area is 179 Å². The highest BCUT2D eigenvalue weighted by atomic mass is 32.2. The Balaban J connectivity index is 1.45. The molecule has 1 aliphatic rings. The minimum Gasteiger partial charge on any atom is -0.342 e. The van der Waals surface area contributed by atoms with E-state index < -0.39 is 9.84 Å². The van der Waals surface area contributed by atoms with Crippen molar-refractivity contribution in [2.45, 2.75) is 23.7 Å². The van der Waals surface area contributed by atoms with Gasteiger partial charge in [-0.15, -0.1) is 0 Å². The molecule has 0 spiro atoms. The van der Waals surface area contributed by atoms with Crippen LogP contribution in [-0.2, 0) is 21.1 Å². The first kappa shape index (κ1) is 20.9. The summed E-state index contributed by atoms with van der Waals surface area (Å²) >= 11 is 0. The molecule has 31 heavy (non-hydrogen) atoms. The minimum absolute atomic E-state index is 0.0437. The number of hydrogen-bond donors (Lipinski definition) is 1. The summed E-state index contributed by atoms with van der Waals surface area (Å²) < 4.78 is 23.1. The van der Waals surface area contributed by atoms with Gasteiger partial charge in [-0.1, -0.05) is 18.2 Å². The SMILES string of the molecule is CS(=O)(=O)c1ccc(CC(=O)N2CC[C@H](c3nc(-c4ccccn4)cc(=O)[nH]3)C2)cc1. The molecule has 1 fully saturated rings. The van der Waals surface area contributed by atoms with Crippen LogP contribution in [0.2, 0.25) is 0 Å². The summed E-state index contributed by atoms with van der Waals surface area (Å²) in [6.45, 7) is 1.04. The number of rotatable bonds is 5. The van der Waals surface area contributed by atoms with Crippen molar-refractivity contribution in [3.05, 3.63) is 76.5 Å². The van der Waals surface area contributed by atoms with Crippen molar-refractivity contribution in [2.24, 2.45) is 0 Å². The Morgan fingerprint density at radius 3 is 2.61 bits per heavy atom. The van der Waals surface area contributed by atoms with Gasteiger partial charge >= 0.3 is 0 Å². The van der Waals surface area contributed by atoms with Gasteiger partial charge in [0.05, 0.1) is 22.7 Å². The molecule has 2 aromatic heterocycles. The third kappa shape index (κ3) is 4.88. The van der Waals surface area contributed by atoms with E-state index in [4.69, 9.17) is 0 Å². The molecule has 1 N–H and O–H groups in total. The zero-order chi connectivity index (χ0) is 22.0. The summed E-state index contributed by atoms with van der Waals surface area (Å²) in [7, 11) is -3.26. The zero-order valence-electron chi connectivity index (χ0n) is 17.0. The van der Waals surface area contributed by atoms with Gasteiger partial charge in [-0.3, -0.25) is 14.6 Å². The number of nitrogens with zero attached hydrogens (tertiary/aromatic N) is 3. The summed E-state index contributed by atoms with van der Waals surface area (Å²) in [5, 5.41) is 0. The Kier molecular flexibility index (Phi) is 5.69. The highest BCUT2D eigenvalue weighted by molar-refractivity contribution is 7.90. The molecular weight excluding hydrogens is 416 g/mol. The predicted molar refractivity (Wildman–Crippen MR) is 115 cm³/mol. The predicted octanol–water partition coefficient (Wildman–Crippen LogP) is 1.79. The average molecular weight is 439 g/mol. The van der Waals surface area contributed by atoms with E-state index in [0.29, 0.717) is 36.7 Å². The summed E-state index contributed by atoms with van der Waals surface area (Å²) in [5.74, 6) is 0.451. The van der Waals surface area contributed by atoms with Crippen molar-refractivity contribution in [1.82, 2.24) is 19.9 Å². The lowest BCUT2D eigenvalue weighted by Gasteiger charge is -2.17. The number of aromatic nitrogens is 3. The largest absolute Gasteiger partial charge is 0.342 e. The van der Waals surface area contributed by atoms with Gasteiger partial charge in [0.25, 0.3) is 5.56 Å². The molecule has 0 radical (unpaired) electrons. The van der Waals surface area contributed by atoms with Crippen molar-refractivity contribution in [3.63, 3.8) is 0 Å². The maximum Gasteiger partial charge on any atom is 0.251 e. The number of carbonyl (C=O) groups is 1. The lowest BCUT2D eigenvalue weighted by atomic mass is 10.1. The normalized spacial score (nSPS) is 16.4. The van der Waals surface area contributed by atoms with Crippen LogP contribution in [0.25, 0.3) is 11.4 Å². The quantitative estimate of drug-likeness (QED) is 0.650. The molecule has 160 valence electrons. The molecule has 1 aliphatic heterocycles. The first-order valence-corrected chi connectivity index (χ1v) is 11.8. The zero-order valence-corrected chi connectivity index (χ0v) is 17.8. The fraction of sp³-hybridized carbons (Fsp3) is 0.273. The minimum atomic E-state index is -3.26. The van der Waals surface area contributed by atoms with Crippen LogP contribution >= 0.6 is 0 Å². The number of H-pyrrole nitrogens is 1. The van der Waals surface area contributed by atoms with Crippen molar-refractivity contribution >= 4 is 15.7 Å². The van der Waals surface area contributed by atoms with E-state index in [0.717, 1.165) is 11.8 Å². The van der Waals surface area contributed by atoms with E-state index in [-0.39, 0.29) is 28.7 Å². The fourth-order valence-corrected chi connectivity index (χ4v) is 4.30. The molecule has 1 aromatic carbocycles. The second-order valence-corrected chi connectivity index (χ2v) is 9.66. The van der Waals surface area contributed by atoms with Crippen LogP contribution in [0.3, 0.4) is 0 Å². The number of pyridine rings is 1. The third-order valence-corrected chi connectivity index (χ3v) is 6.45. The lowest BCUT2D eigenvalue weighted by molar-refractivity contribution is -0.129. The van der Waals surface area contributed by atoms with E-state index in [2.05, 4.69) is 15.0 Å². The van der Waals surface area contributed by atoms with Crippen molar-refractivity contribution in [1.29, 1.82) is 0 Å². The fourth-order valence-electron chi connectivity index (χ4n) is 3.67. The first-order valence-electron chi connectivity index (χ1n) is 9.89. The third-order valence-electron chi connectivity index (χ3n) is 5.32. The number of benzene rings is 1. The second kappa shape index (κ2) is 8.43. The highest BCUT2D eigenvalue weighted by Crippen LogP contribution is 2.26. The van der Waals surface area contributed by atoms with Crippen LogP contribution in [-0.4, -0.2) is 53.5 Å². The summed E-state index contributed by atoms with van der Waals surface area (Å²) in [6, 6.07) is 13.2. The molecule has 3 aromatic rings. The van der Waals surface area contributed by atoms with Gasteiger partial charge in [-0.25, -0.2) is 13.4 Å². The number of nitrogens with one attached hydrogen (secondary N) is 1. The molecule has 0 aliphatic carbocycles. The molecule has 0 unspecified atom stereocenters. The van der Waals surface area contributed by atoms with E-state index in [9.17, 15) is 18.0 Å². The molecule has 4 rings (SSSR count). The molecule has 0 saturated carbocycles. The van der Waals surface area contributed by atoms with Gasteiger partial charge in [0.1, 0.15) is 5.82 Å². The summed E-state index contributed by atoms with van der Waals surface area (Å²) in [5.41, 5.74) is 1.64. The summed E-state index contributed by atoms with van der Waals surface area (Å²) in [4.78, 5) is 38.5. The van der Waals surface area contributed by atoms with Gasteiger partial charge in [0, 0.05) is 37.5 Å². The summed E-state index contributed by atoms with van der Waals surface area (Å²) in [6.07, 6.45) is 3.69. The van der Waals surface area contributed by atoms with Crippen LogP contribution in [0, 0.1) is 0 Å². The second-order valence-electron chi connectivity index (χ2n) is 7.65. The number of amides is 1. The Bertz CT molecular complexity index is 1250. The van der Waals surface area contributed by atoms with Crippen LogP contribution in [0.5, 0.6) is 0 Å². The van der Waals surface area contributed by atoms with Crippen LogP contribution in [0.1, 0.15) is 23.7 Å². The molecule has 0 bridgehead atoms. The monoisotopic (exact) mass is 438 g/mol. The Morgan fingerprint density at radius 2 is 1.94 bits per heavy atom. The molecule has 9 heteroatoms. The molecule has 3 heterocycles. The standard InChI is InChI=1S/C22H22N4O4S/c1-31(29,30)17-7-5-15(6-8-17)12-21(28)26-11-9-16(14-26)22-24-19(13-20(27)25-22)18-4-2-3-10-23-18/h2-8,10,13,16H,9,11-12,14H2,1H3,(H,24,25,27)/t16-/m0/s1. The topological polar surface area (TPSA) is 113 Å². The van der Waals surface area contributed by atoms with E-state index >= 15 is 0 Å². The Hall–Kier alpha value is -3.33. The van der Waals surface area contributed by atoms with E-state index in [1.807, 2.05) is 6.07 Å². The maximum atomic E-state index is 12.7. The van der Waals surface area contributed by atoms with Crippen molar-refractivity contribution in [2.75, 3.05) is 19.3 Å². The first-order chi connectivity index (χ1) is 14.8. The molecule has 1 amide bonds. The highest BCUT2D eigenvalue weighted by Gasteiger charge is 2.29. The van der Waals surface area contributed by atoms with Gasteiger partial charge in [0.15, 0.2) is 9.84 Å². The number of aromatic amines is 1. The lowest BCUT2D eigenvalue weighted by Crippen LogP contribution is -2.30. The van der Waals surface area contributed by atoms with Gasteiger partial charge < -0.3 is 9.88 Å². The van der Waals surface area contributed by atoms with Gasteiger partial charge in [0.2, 0.25) is 5.91 Å². The molecule has 8 nitrogen and oxygen atoms in total. The van der Waals surface area contributed by atoms with E-state index in [1.54, 1.807) is 35.4 Å². The molecule has 1 atom stereocenters.